The molecule has 0 aromatic heterocycles. The van der Waals surface area contributed by atoms with Crippen LogP contribution in [0.1, 0.15) is 76.3 Å². The zero-order valence-electron chi connectivity index (χ0n) is 24.5. The number of hydrogen-bond acceptors (Lipinski definition) is 0. The molecule has 0 nitrogen and oxygen atoms in total. The van der Waals surface area contributed by atoms with E-state index in [0.717, 1.165) is 23.7 Å². The molecule has 0 amide bonds. The van der Waals surface area contributed by atoms with E-state index in [4.69, 9.17) is 0 Å². The molecule has 2 aromatic carbocycles. The summed E-state index contributed by atoms with van der Waals surface area (Å²) in [6.07, 6.45) is 23.6. The van der Waals surface area contributed by atoms with Crippen molar-refractivity contribution in [1.29, 1.82) is 0 Å². The van der Waals surface area contributed by atoms with E-state index in [1.807, 2.05) is 0 Å². The van der Waals surface area contributed by atoms with Gasteiger partial charge in [0.1, 0.15) is 0 Å². The topological polar surface area (TPSA) is 0 Å². The molecule has 2 aromatic rings. The molecule has 212 valence electrons. The average molecular weight is 653 g/mol. The van der Waals surface area contributed by atoms with Gasteiger partial charge in [0, 0.05) is 0 Å². The minimum Gasteiger partial charge on any atom is -0.147 e. The van der Waals surface area contributed by atoms with E-state index in [9.17, 15) is 0 Å². The molecule has 0 radical (unpaired) electrons. The quantitative estimate of drug-likeness (QED) is 0.283. The second-order valence-electron chi connectivity index (χ2n) is 11.7. The minimum absolute atomic E-state index is 0. The number of fused-ring (bicyclic) bond motifs is 2. The third kappa shape index (κ3) is 9.79. The van der Waals surface area contributed by atoms with E-state index in [0.29, 0.717) is 11.8 Å². The molecule has 0 N–H and O–H groups in total. The number of allylic oxidation sites excluding steroid dienone is 8. The molecule has 0 saturated heterocycles. The second kappa shape index (κ2) is 17.4. The van der Waals surface area contributed by atoms with Gasteiger partial charge in [0.2, 0.25) is 0 Å². The maximum Gasteiger partial charge on any atom is -0.147 e. The van der Waals surface area contributed by atoms with Crippen LogP contribution in [0.4, 0.5) is 0 Å². The molecule has 6 atom stereocenters. The Kier molecular flexibility index (Phi) is 15.1. The van der Waals surface area contributed by atoms with Crippen molar-refractivity contribution >= 4 is 28.0 Å². The summed E-state index contributed by atoms with van der Waals surface area (Å²) in [5, 5.41) is 0. The molecule has 2 saturated carbocycles. The fraction of sp³-hybridized carbons (Fsp3) is 0.378. The predicted octanol–water partition coefficient (Wildman–Crippen LogP) is 10.6. The second-order valence-corrected chi connectivity index (χ2v) is 14.1. The Balaban J connectivity index is 0.000000237. The summed E-state index contributed by atoms with van der Waals surface area (Å²) < 4.78 is 1.51. The van der Waals surface area contributed by atoms with Crippen LogP contribution in [-0.2, 0) is 24.2 Å². The molecule has 0 bridgehead atoms. The molecule has 2 fully saturated rings. The molecule has 40 heavy (non-hydrogen) atoms. The van der Waals surface area contributed by atoms with E-state index in [1.54, 1.807) is 35.4 Å². The summed E-state index contributed by atoms with van der Waals surface area (Å²) in [7, 11) is 0. The summed E-state index contributed by atoms with van der Waals surface area (Å²) in [4.78, 5) is 0. The molecule has 3 heteroatoms. The first-order valence-corrected chi connectivity index (χ1v) is 15.7. The maximum atomic E-state index is 2.45. The van der Waals surface area contributed by atoms with Crippen molar-refractivity contribution in [3.63, 3.8) is 0 Å². The predicted molar refractivity (Wildman–Crippen MR) is 176 cm³/mol. The van der Waals surface area contributed by atoms with Crippen LogP contribution < -0.4 is 0 Å². The molecule has 0 heterocycles. The number of hydrogen-bond donors (Lipinski definition) is 0. The smallest absolute Gasteiger partial charge is 0.147 e. The Labute approximate surface area is 271 Å². The monoisotopic (exact) mass is 650 g/mol. The van der Waals surface area contributed by atoms with Gasteiger partial charge in [-0.25, -0.2) is 36.1 Å². The zero-order valence-corrected chi connectivity index (χ0v) is 28.6. The molecule has 4 aliphatic carbocycles. The van der Waals surface area contributed by atoms with E-state index in [1.165, 1.54) is 40.0 Å². The van der Waals surface area contributed by atoms with E-state index in [2.05, 4.69) is 138 Å². The molecule has 6 unspecified atom stereocenters. The first-order chi connectivity index (χ1) is 18.4. The van der Waals surface area contributed by atoms with Gasteiger partial charge < -0.3 is 0 Å². The Morgan fingerprint density at radius 1 is 0.625 bits per heavy atom. The van der Waals surface area contributed by atoms with Crippen molar-refractivity contribution in [2.75, 3.05) is 0 Å². The van der Waals surface area contributed by atoms with Gasteiger partial charge in [0.05, 0.1) is 0 Å². The van der Waals surface area contributed by atoms with Crippen LogP contribution in [0.25, 0.3) is 0 Å². The van der Waals surface area contributed by atoms with Gasteiger partial charge in [-0.3, -0.25) is 0 Å². The number of rotatable bonds is 2. The fourth-order valence-corrected chi connectivity index (χ4v) is 6.54. The third-order valence-corrected chi connectivity index (χ3v) is 8.12. The fourth-order valence-electron chi connectivity index (χ4n) is 6.54. The summed E-state index contributed by atoms with van der Waals surface area (Å²) in [5.74, 6) is 4.27. The summed E-state index contributed by atoms with van der Waals surface area (Å²) >= 11 is 1.55. The van der Waals surface area contributed by atoms with Gasteiger partial charge in [-0.05, 0) is 47.6 Å². The Morgan fingerprint density at radius 3 is 1.32 bits per heavy atom. The van der Waals surface area contributed by atoms with Crippen molar-refractivity contribution in [3.05, 3.63) is 132 Å². The molecule has 0 aliphatic heterocycles. The summed E-state index contributed by atoms with van der Waals surface area (Å²) in [6, 6.07) is 22.0. The van der Waals surface area contributed by atoms with E-state index in [-0.39, 0.29) is 24.8 Å². The summed E-state index contributed by atoms with van der Waals surface area (Å²) in [5.41, 5.74) is 6.11. The molecular formula is C37H46Cl2Zr. The van der Waals surface area contributed by atoms with Crippen LogP contribution in [-0.4, -0.2) is 3.21 Å². The molecule has 4 aliphatic rings. The SMILES string of the molecule is CC1[CH-]C2=CC=CCC(c3ccccc3)C2C1.CC1[CH-]C2=CC=CCC(c3ccccc3)C2C1.C[C](C)=[Zr+2].Cl.Cl. The largest absolute Gasteiger partial charge is 0.147 e. The maximum absolute atomic E-state index is 2.45. The van der Waals surface area contributed by atoms with Gasteiger partial charge >= 0.3 is 41.3 Å². The van der Waals surface area contributed by atoms with Crippen LogP contribution in [0.3, 0.4) is 0 Å². The molecular weight excluding hydrogens is 607 g/mol. The van der Waals surface area contributed by atoms with Crippen molar-refractivity contribution < 1.29 is 24.2 Å². The number of halogens is 2. The van der Waals surface area contributed by atoms with Gasteiger partial charge in [-0.2, -0.15) is 0 Å². The first-order valence-electron chi connectivity index (χ1n) is 14.5. The van der Waals surface area contributed by atoms with E-state index >= 15 is 0 Å². The van der Waals surface area contributed by atoms with Crippen LogP contribution in [0.15, 0.2) is 108 Å². The Hall–Kier alpha value is -1.53. The standard InChI is InChI=1S/2C17H19.C3H6.2ClH.Zr/c2*1-13-11-15-9-5-6-10-16(17(15)12-13)14-7-3-2-4-8-14;1-3-2;;;/h2*2-9,11,13,16-17H,10,12H2,1H3;1-2H3;2*1H;/q2*-1;;;;+2. The van der Waals surface area contributed by atoms with Crippen LogP contribution >= 0.6 is 24.8 Å². The third-order valence-electron chi connectivity index (χ3n) is 8.12. The van der Waals surface area contributed by atoms with Crippen LogP contribution in [0, 0.1) is 36.5 Å². The van der Waals surface area contributed by atoms with Gasteiger partial charge in [0.15, 0.2) is 0 Å². The van der Waals surface area contributed by atoms with Crippen molar-refractivity contribution in [3.8, 4) is 0 Å². The minimum atomic E-state index is 0. The van der Waals surface area contributed by atoms with Crippen LogP contribution in [0.2, 0.25) is 0 Å². The van der Waals surface area contributed by atoms with Gasteiger partial charge in [0.25, 0.3) is 0 Å². The Bertz CT molecular complexity index is 1070. The molecule has 6 rings (SSSR count). The van der Waals surface area contributed by atoms with Crippen molar-refractivity contribution in [2.24, 2.45) is 23.7 Å². The zero-order chi connectivity index (χ0) is 26.9. The van der Waals surface area contributed by atoms with Crippen LogP contribution in [0.5, 0.6) is 0 Å². The normalized spacial score (nSPS) is 27.4. The van der Waals surface area contributed by atoms with Crippen molar-refractivity contribution in [2.45, 2.75) is 65.2 Å². The van der Waals surface area contributed by atoms with Gasteiger partial charge in [-0.1, -0.05) is 99.2 Å². The van der Waals surface area contributed by atoms with E-state index < -0.39 is 0 Å². The Morgan fingerprint density at radius 2 is 0.975 bits per heavy atom. The first kappa shape index (κ1) is 34.7. The van der Waals surface area contributed by atoms with Gasteiger partial charge in [-0.15, -0.1) is 49.1 Å². The summed E-state index contributed by atoms with van der Waals surface area (Å²) in [6.45, 7) is 8.92. The van der Waals surface area contributed by atoms with Crippen molar-refractivity contribution in [1.82, 2.24) is 0 Å². The average Bonchev–Trinajstić information content (AvgIpc) is 3.31. The molecule has 0 spiro atoms. The number of benzene rings is 2.